The number of nitrogens with zero attached hydrogens (tertiary/aromatic N) is 2. The molecule has 3 rings (SSSR count). The van der Waals surface area contributed by atoms with Crippen LogP contribution in [0.3, 0.4) is 0 Å². The van der Waals surface area contributed by atoms with Crippen molar-refractivity contribution in [3.63, 3.8) is 0 Å². The first-order valence-electron chi connectivity index (χ1n) is 9.98. The maximum absolute atomic E-state index is 12.5. The number of ether oxygens (including phenoxy) is 4. The molecule has 0 aliphatic heterocycles. The highest BCUT2D eigenvalue weighted by molar-refractivity contribution is 5.55. The van der Waals surface area contributed by atoms with Crippen molar-refractivity contribution in [3.8, 4) is 23.0 Å². The van der Waals surface area contributed by atoms with Crippen LogP contribution in [-0.4, -0.2) is 39.3 Å². The molecule has 0 spiro atoms. The SMILES string of the molecule is COc1ccc(CN(Cc2ccc(OC)cc2)c2ncc(OCC(F)F)cc2OC)cc1. The third-order valence-electron chi connectivity index (χ3n) is 4.77. The highest BCUT2D eigenvalue weighted by Gasteiger charge is 2.17. The third-order valence-corrected chi connectivity index (χ3v) is 4.77. The van der Waals surface area contributed by atoms with Crippen LogP contribution in [0.1, 0.15) is 11.1 Å². The van der Waals surface area contributed by atoms with Crippen molar-refractivity contribution >= 4 is 5.82 Å². The zero-order valence-corrected chi connectivity index (χ0v) is 18.3. The predicted octanol–water partition coefficient (Wildman–Crippen LogP) is 4.96. The van der Waals surface area contributed by atoms with Gasteiger partial charge in [0.15, 0.2) is 11.6 Å². The fraction of sp³-hybridized carbons (Fsp3) is 0.292. The number of benzene rings is 2. The Kier molecular flexibility index (Phi) is 8.08. The van der Waals surface area contributed by atoms with Crippen LogP contribution in [-0.2, 0) is 13.1 Å². The number of hydrogen-bond donors (Lipinski definition) is 0. The summed E-state index contributed by atoms with van der Waals surface area (Å²) in [6.07, 6.45) is -1.14. The lowest BCUT2D eigenvalue weighted by Crippen LogP contribution is -2.24. The fourth-order valence-corrected chi connectivity index (χ4v) is 3.15. The molecule has 0 saturated carbocycles. The minimum atomic E-state index is -2.57. The molecular formula is C24H26F2N2O4. The van der Waals surface area contributed by atoms with E-state index in [2.05, 4.69) is 4.98 Å². The summed E-state index contributed by atoms with van der Waals surface area (Å²) in [5.41, 5.74) is 2.09. The zero-order valence-electron chi connectivity index (χ0n) is 18.3. The lowest BCUT2D eigenvalue weighted by atomic mass is 10.1. The van der Waals surface area contributed by atoms with Gasteiger partial charge in [0.05, 0.1) is 27.5 Å². The number of rotatable bonds is 11. The van der Waals surface area contributed by atoms with E-state index in [0.717, 1.165) is 22.6 Å². The molecule has 0 amide bonds. The fourth-order valence-electron chi connectivity index (χ4n) is 3.15. The van der Waals surface area contributed by atoms with E-state index in [0.29, 0.717) is 24.7 Å². The molecule has 6 nitrogen and oxygen atoms in total. The molecule has 0 aliphatic carbocycles. The van der Waals surface area contributed by atoms with Gasteiger partial charge in [-0.15, -0.1) is 0 Å². The van der Waals surface area contributed by atoms with Gasteiger partial charge in [-0.2, -0.15) is 0 Å². The minimum Gasteiger partial charge on any atom is -0.497 e. The maximum atomic E-state index is 12.5. The number of anilines is 1. The predicted molar refractivity (Wildman–Crippen MR) is 118 cm³/mol. The maximum Gasteiger partial charge on any atom is 0.272 e. The van der Waals surface area contributed by atoms with Crippen LogP contribution >= 0.6 is 0 Å². The summed E-state index contributed by atoms with van der Waals surface area (Å²) in [6, 6.07) is 17.1. The van der Waals surface area contributed by atoms with E-state index >= 15 is 0 Å². The highest BCUT2D eigenvalue weighted by atomic mass is 19.3. The van der Waals surface area contributed by atoms with Crippen molar-refractivity contribution in [1.82, 2.24) is 4.98 Å². The van der Waals surface area contributed by atoms with Gasteiger partial charge in [0.25, 0.3) is 6.43 Å². The Hall–Kier alpha value is -3.55. The number of halogens is 2. The molecule has 0 N–H and O–H groups in total. The van der Waals surface area contributed by atoms with Crippen molar-refractivity contribution in [2.75, 3.05) is 32.8 Å². The zero-order chi connectivity index (χ0) is 22.9. The minimum absolute atomic E-state index is 0.222. The highest BCUT2D eigenvalue weighted by Crippen LogP contribution is 2.32. The third kappa shape index (κ3) is 6.23. The number of alkyl halides is 2. The van der Waals surface area contributed by atoms with E-state index < -0.39 is 13.0 Å². The van der Waals surface area contributed by atoms with Crippen molar-refractivity contribution in [2.24, 2.45) is 0 Å². The molecule has 0 fully saturated rings. The first-order valence-corrected chi connectivity index (χ1v) is 9.98. The van der Waals surface area contributed by atoms with Gasteiger partial charge in [-0.1, -0.05) is 24.3 Å². The quantitative estimate of drug-likeness (QED) is 0.417. The molecule has 2 aromatic carbocycles. The van der Waals surface area contributed by atoms with Gasteiger partial charge in [0.1, 0.15) is 23.9 Å². The number of aromatic nitrogens is 1. The number of methoxy groups -OCH3 is 3. The van der Waals surface area contributed by atoms with E-state index in [4.69, 9.17) is 18.9 Å². The molecule has 0 saturated heterocycles. The van der Waals surface area contributed by atoms with Crippen LogP contribution in [0.4, 0.5) is 14.6 Å². The Bertz CT molecular complexity index is 933. The van der Waals surface area contributed by atoms with Crippen LogP contribution < -0.4 is 23.8 Å². The van der Waals surface area contributed by atoms with Crippen molar-refractivity contribution in [1.29, 1.82) is 0 Å². The molecule has 8 heteroatoms. The topological polar surface area (TPSA) is 53.1 Å². The largest absolute Gasteiger partial charge is 0.497 e. The first-order chi connectivity index (χ1) is 15.5. The van der Waals surface area contributed by atoms with Crippen LogP contribution in [0, 0.1) is 0 Å². The van der Waals surface area contributed by atoms with Crippen molar-refractivity contribution in [3.05, 3.63) is 71.9 Å². The summed E-state index contributed by atoms with van der Waals surface area (Å²) in [5.74, 6) is 2.76. The average Bonchev–Trinajstić information content (AvgIpc) is 2.83. The van der Waals surface area contributed by atoms with Gasteiger partial charge in [0.2, 0.25) is 0 Å². The van der Waals surface area contributed by atoms with Crippen LogP contribution in [0.25, 0.3) is 0 Å². The first kappa shape index (κ1) is 23.1. The lowest BCUT2D eigenvalue weighted by Gasteiger charge is -2.26. The van der Waals surface area contributed by atoms with E-state index in [9.17, 15) is 8.78 Å². The van der Waals surface area contributed by atoms with Crippen molar-refractivity contribution < 1.29 is 27.7 Å². The summed E-state index contributed by atoms with van der Waals surface area (Å²) < 4.78 is 46.1. The molecule has 1 heterocycles. The van der Waals surface area contributed by atoms with Crippen LogP contribution in [0.15, 0.2) is 60.8 Å². The Labute approximate surface area is 186 Å². The summed E-state index contributed by atoms with van der Waals surface area (Å²) in [4.78, 5) is 6.51. The Morgan fingerprint density at radius 1 is 0.781 bits per heavy atom. The molecule has 0 bridgehead atoms. The van der Waals surface area contributed by atoms with E-state index in [1.807, 2.05) is 53.4 Å². The van der Waals surface area contributed by atoms with Gasteiger partial charge >= 0.3 is 0 Å². The van der Waals surface area contributed by atoms with Crippen LogP contribution in [0.5, 0.6) is 23.0 Å². The smallest absolute Gasteiger partial charge is 0.272 e. The Morgan fingerprint density at radius 3 is 1.75 bits per heavy atom. The summed E-state index contributed by atoms with van der Waals surface area (Å²) in [7, 11) is 4.76. The van der Waals surface area contributed by atoms with Gasteiger partial charge in [-0.25, -0.2) is 13.8 Å². The van der Waals surface area contributed by atoms with E-state index in [1.54, 1.807) is 20.3 Å². The Morgan fingerprint density at radius 2 is 1.31 bits per heavy atom. The second-order valence-electron chi connectivity index (χ2n) is 6.95. The normalized spacial score (nSPS) is 10.7. The van der Waals surface area contributed by atoms with Crippen molar-refractivity contribution in [2.45, 2.75) is 19.5 Å². The van der Waals surface area contributed by atoms with Gasteiger partial charge in [-0.3, -0.25) is 0 Å². The summed E-state index contributed by atoms with van der Waals surface area (Å²) in [6.45, 7) is 0.374. The molecule has 170 valence electrons. The molecule has 1 aromatic heterocycles. The summed E-state index contributed by atoms with van der Waals surface area (Å²) >= 11 is 0. The molecule has 0 radical (unpaired) electrons. The average molecular weight is 444 g/mol. The lowest BCUT2D eigenvalue weighted by molar-refractivity contribution is 0.0816. The molecule has 0 unspecified atom stereocenters. The van der Waals surface area contributed by atoms with Gasteiger partial charge < -0.3 is 23.8 Å². The molecule has 0 atom stereocenters. The second-order valence-corrected chi connectivity index (χ2v) is 6.95. The molecule has 0 aliphatic rings. The second kappa shape index (κ2) is 11.2. The standard InChI is InChI=1S/C24H26F2N2O4/c1-29-19-8-4-17(5-9-19)14-28(15-18-6-10-20(30-2)11-7-18)24-22(31-3)12-21(13-27-24)32-16-23(25)26/h4-13,23H,14-16H2,1-3H3. The number of pyridine rings is 1. The van der Waals surface area contributed by atoms with E-state index in [-0.39, 0.29) is 5.75 Å². The molecule has 3 aromatic rings. The molecule has 32 heavy (non-hydrogen) atoms. The van der Waals surface area contributed by atoms with Gasteiger partial charge in [-0.05, 0) is 35.4 Å². The monoisotopic (exact) mass is 444 g/mol. The van der Waals surface area contributed by atoms with E-state index in [1.165, 1.54) is 13.3 Å². The van der Waals surface area contributed by atoms with Crippen LogP contribution in [0.2, 0.25) is 0 Å². The Balaban J connectivity index is 1.90. The number of hydrogen-bond acceptors (Lipinski definition) is 6. The molecular weight excluding hydrogens is 418 g/mol. The summed E-state index contributed by atoms with van der Waals surface area (Å²) in [5, 5.41) is 0. The van der Waals surface area contributed by atoms with Gasteiger partial charge in [0, 0.05) is 19.2 Å².